The molecule has 332 valence electrons. The highest BCUT2D eigenvalue weighted by molar-refractivity contribution is 6.99. The van der Waals surface area contributed by atoms with Gasteiger partial charge in [0.1, 0.15) is 28.5 Å². The number of fused-ring (bicyclic) bond motifs is 2. The number of rotatable bonds is 9. The maximum Gasteiger partial charge on any atom is 0.410 e. The summed E-state index contributed by atoms with van der Waals surface area (Å²) in [6.45, 7) is 19.0. The molecule has 1 aliphatic heterocycles. The standard InChI is InChI=1S/C51H55F2N5O5Si/c1-32(2)38-22-16-17-35(31-62-64(51(7,8)9,36-18-12-10-13-19-36)37-20-14-11-15-21-37)44(38)58-47-39(29-41(53)43(54-47)42-40(52)24-23-34-25-28-61-45(34)42)46(55-48(58)59)57-27-26-56(30-33(57)3)49(60)63-50(4,5)6/h10-25,28-29,32-33H,26-27,30-31H2,1-9H3/t33-/m0/s1. The number of amides is 1. The second-order valence-electron chi connectivity index (χ2n) is 18.9. The highest BCUT2D eigenvalue weighted by Crippen LogP contribution is 2.40. The van der Waals surface area contributed by atoms with Crippen molar-refractivity contribution in [3.63, 3.8) is 0 Å². The van der Waals surface area contributed by atoms with Crippen LogP contribution in [0.2, 0.25) is 5.04 Å². The molecule has 7 aromatic rings. The van der Waals surface area contributed by atoms with E-state index in [1.165, 1.54) is 23.0 Å². The minimum Gasteiger partial charge on any atom is -0.464 e. The van der Waals surface area contributed by atoms with Crippen LogP contribution in [0.4, 0.5) is 19.4 Å². The predicted octanol–water partition coefficient (Wildman–Crippen LogP) is 10.1. The maximum atomic E-state index is 16.9. The molecule has 0 radical (unpaired) electrons. The number of halogens is 2. The Morgan fingerprint density at radius 2 is 1.53 bits per heavy atom. The number of hydrogen-bond donors (Lipinski definition) is 0. The van der Waals surface area contributed by atoms with Crippen LogP contribution in [0.15, 0.2) is 119 Å². The van der Waals surface area contributed by atoms with E-state index in [1.807, 2.05) is 101 Å². The molecule has 10 nitrogen and oxygen atoms in total. The van der Waals surface area contributed by atoms with Gasteiger partial charge in [0, 0.05) is 36.6 Å². The third kappa shape index (κ3) is 8.11. The molecular weight excluding hydrogens is 829 g/mol. The Balaban J connectivity index is 1.35. The van der Waals surface area contributed by atoms with Gasteiger partial charge in [0.25, 0.3) is 8.32 Å². The van der Waals surface area contributed by atoms with E-state index in [2.05, 4.69) is 45.0 Å². The number of piperazine rings is 1. The number of pyridine rings is 1. The number of benzene rings is 4. The minimum absolute atomic E-state index is 0.0796. The van der Waals surface area contributed by atoms with Crippen molar-refractivity contribution in [2.45, 2.75) is 91.5 Å². The molecule has 64 heavy (non-hydrogen) atoms. The molecule has 1 fully saturated rings. The smallest absolute Gasteiger partial charge is 0.410 e. The third-order valence-corrected chi connectivity index (χ3v) is 17.0. The van der Waals surface area contributed by atoms with Gasteiger partial charge < -0.3 is 23.4 Å². The fourth-order valence-electron chi connectivity index (χ4n) is 9.11. The minimum atomic E-state index is -3.08. The van der Waals surface area contributed by atoms with Gasteiger partial charge in [-0.15, -0.1) is 0 Å². The molecule has 0 aliphatic carbocycles. The van der Waals surface area contributed by atoms with Crippen molar-refractivity contribution in [3.05, 3.63) is 143 Å². The van der Waals surface area contributed by atoms with E-state index in [-0.39, 0.29) is 76.9 Å². The molecule has 3 aromatic heterocycles. The van der Waals surface area contributed by atoms with Gasteiger partial charge in [-0.2, -0.15) is 4.98 Å². The number of hydrogen-bond acceptors (Lipinski definition) is 8. The monoisotopic (exact) mass is 883 g/mol. The summed E-state index contributed by atoms with van der Waals surface area (Å²) in [5.41, 5.74) is 0.405. The van der Waals surface area contributed by atoms with E-state index in [0.717, 1.165) is 15.9 Å². The molecule has 1 saturated heterocycles. The summed E-state index contributed by atoms with van der Waals surface area (Å²) in [5, 5.41) is 2.66. The Labute approximate surface area is 373 Å². The maximum absolute atomic E-state index is 16.9. The number of aromatic nitrogens is 3. The van der Waals surface area contributed by atoms with Crippen molar-refractivity contribution < 1.29 is 27.2 Å². The van der Waals surface area contributed by atoms with Crippen molar-refractivity contribution >= 4 is 52.6 Å². The molecule has 0 saturated carbocycles. The number of carbonyl (C=O) groups excluding carboxylic acids is 1. The lowest BCUT2D eigenvalue weighted by molar-refractivity contribution is 0.0218. The van der Waals surface area contributed by atoms with Crippen LogP contribution in [-0.4, -0.2) is 65.1 Å². The number of ether oxygens (including phenoxy) is 1. The van der Waals surface area contributed by atoms with Crippen molar-refractivity contribution in [3.8, 4) is 16.9 Å². The van der Waals surface area contributed by atoms with Crippen LogP contribution in [0.1, 0.15) is 79.4 Å². The summed E-state index contributed by atoms with van der Waals surface area (Å²) in [5.74, 6) is -1.45. The van der Waals surface area contributed by atoms with Crippen molar-refractivity contribution in [2.75, 3.05) is 24.5 Å². The second-order valence-corrected chi connectivity index (χ2v) is 23.2. The van der Waals surface area contributed by atoms with Crippen LogP contribution in [0.25, 0.3) is 38.9 Å². The molecule has 8 rings (SSSR count). The summed E-state index contributed by atoms with van der Waals surface area (Å²) in [4.78, 5) is 41.4. The van der Waals surface area contributed by atoms with Gasteiger partial charge in [-0.3, -0.25) is 0 Å². The average Bonchev–Trinajstić information content (AvgIpc) is 3.72. The van der Waals surface area contributed by atoms with Crippen LogP contribution in [0.5, 0.6) is 0 Å². The number of furan rings is 1. The first-order valence-corrected chi connectivity index (χ1v) is 23.7. The normalized spacial score (nSPS) is 15.1. The topological polar surface area (TPSA) is 103 Å². The number of para-hydroxylation sites is 1. The molecule has 0 spiro atoms. The lowest BCUT2D eigenvalue weighted by Gasteiger charge is -2.43. The molecule has 0 N–H and O–H groups in total. The largest absolute Gasteiger partial charge is 0.464 e. The fraction of sp³-hybridized carbons (Fsp3) is 0.333. The Morgan fingerprint density at radius 3 is 2.14 bits per heavy atom. The van der Waals surface area contributed by atoms with Crippen molar-refractivity contribution in [1.82, 2.24) is 19.4 Å². The van der Waals surface area contributed by atoms with Crippen LogP contribution in [-0.2, 0) is 15.8 Å². The predicted molar refractivity (Wildman–Crippen MR) is 251 cm³/mol. The molecule has 0 bridgehead atoms. The molecule has 4 heterocycles. The van der Waals surface area contributed by atoms with Crippen LogP contribution < -0.4 is 21.0 Å². The number of carbonyl (C=O) groups is 1. The van der Waals surface area contributed by atoms with Crippen LogP contribution in [0.3, 0.4) is 0 Å². The van der Waals surface area contributed by atoms with Gasteiger partial charge in [-0.25, -0.2) is 27.9 Å². The Hall–Kier alpha value is -6.18. The zero-order chi connectivity index (χ0) is 45.7. The molecule has 1 aliphatic rings. The molecule has 4 aromatic carbocycles. The van der Waals surface area contributed by atoms with Crippen molar-refractivity contribution in [2.24, 2.45) is 0 Å². The zero-order valence-electron chi connectivity index (χ0n) is 37.9. The SMILES string of the molecule is CC(C)c1cccc(CO[Si](c2ccccc2)(c2ccccc2)C(C)(C)C)c1-n1c(=O)nc(N2CCN(C(=O)OC(C)(C)C)C[C@@H]2C)c2cc(F)c(-c3c(F)ccc4ccoc34)nc21. The molecule has 0 unspecified atom stereocenters. The Morgan fingerprint density at radius 1 is 0.859 bits per heavy atom. The van der Waals surface area contributed by atoms with Gasteiger partial charge in [-0.05, 0) is 78.9 Å². The first kappa shape index (κ1) is 44.4. The van der Waals surface area contributed by atoms with Gasteiger partial charge in [-0.1, -0.05) is 113 Å². The molecular formula is C51H55F2N5O5Si. The Bertz CT molecular complexity index is 2870. The quantitative estimate of drug-likeness (QED) is 0.132. The first-order valence-electron chi connectivity index (χ1n) is 21.8. The Kier molecular flexibility index (Phi) is 11.9. The lowest BCUT2D eigenvalue weighted by atomic mass is 9.97. The fourth-order valence-corrected chi connectivity index (χ4v) is 13.6. The van der Waals surface area contributed by atoms with Gasteiger partial charge in [0.15, 0.2) is 11.5 Å². The summed E-state index contributed by atoms with van der Waals surface area (Å²) >= 11 is 0. The molecule has 13 heteroatoms. The highest BCUT2D eigenvalue weighted by atomic mass is 28.4. The van der Waals surface area contributed by atoms with Gasteiger partial charge in [0.2, 0.25) is 0 Å². The van der Waals surface area contributed by atoms with E-state index >= 15 is 13.6 Å². The van der Waals surface area contributed by atoms with E-state index < -0.39 is 37.3 Å². The highest BCUT2D eigenvalue weighted by Gasteiger charge is 2.50. The molecule has 1 atom stereocenters. The number of anilines is 1. The van der Waals surface area contributed by atoms with E-state index in [4.69, 9.17) is 23.5 Å². The summed E-state index contributed by atoms with van der Waals surface area (Å²) in [7, 11) is -3.08. The van der Waals surface area contributed by atoms with E-state index in [0.29, 0.717) is 16.6 Å². The number of nitrogens with zero attached hydrogens (tertiary/aromatic N) is 5. The average molecular weight is 884 g/mol. The van der Waals surface area contributed by atoms with Gasteiger partial charge >= 0.3 is 11.8 Å². The summed E-state index contributed by atoms with van der Waals surface area (Å²) < 4.78 is 53.2. The van der Waals surface area contributed by atoms with Gasteiger partial charge in [0.05, 0.1) is 29.5 Å². The second kappa shape index (κ2) is 17.1. The lowest BCUT2D eigenvalue weighted by Crippen LogP contribution is -2.66. The summed E-state index contributed by atoms with van der Waals surface area (Å²) in [6, 6.07) is 31.9. The van der Waals surface area contributed by atoms with E-state index in [9.17, 15) is 4.79 Å². The summed E-state index contributed by atoms with van der Waals surface area (Å²) in [6.07, 6.45) is 0.969. The zero-order valence-corrected chi connectivity index (χ0v) is 38.9. The van der Waals surface area contributed by atoms with Crippen molar-refractivity contribution in [1.29, 1.82) is 0 Å². The molecule has 1 amide bonds. The third-order valence-electron chi connectivity index (χ3n) is 12.0. The first-order chi connectivity index (χ1) is 30.4. The van der Waals surface area contributed by atoms with Crippen LogP contribution >= 0.6 is 0 Å². The van der Waals surface area contributed by atoms with E-state index in [1.54, 1.807) is 17.0 Å². The van der Waals surface area contributed by atoms with Crippen LogP contribution in [0, 0.1) is 11.6 Å².